The molecular formula is C45H50N4O9. The fraction of sp³-hybridized carbons (Fsp3) is 0.378. The Kier molecular flexibility index (Phi) is 11.3. The first-order valence-electron chi connectivity index (χ1n) is 19.5. The molecule has 13 nitrogen and oxygen atoms in total. The minimum absolute atomic E-state index is 0.0858. The van der Waals surface area contributed by atoms with Gasteiger partial charge in [-0.3, -0.25) is 19.2 Å². The number of benzene rings is 4. The zero-order valence-corrected chi connectivity index (χ0v) is 33.4. The van der Waals surface area contributed by atoms with Crippen molar-refractivity contribution in [3.8, 4) is 11.5 Å². The monoisotopic (exact) mass is 790 g/mol. The number of anilines is 3. The Bertz CT molecular complexity index is 2170. The topological polar surface area (TPSA) is 167 Å². The van der Waals surface area contributed by atoms with Gasteiger partial charge >= 0.3 is 0 Å². The van der Waals surface area contributed by atoms with Crippen LogP contribution in [0.4, 0.5) is 17.1 Å². The minimum atomic E-state index is -1.61. The second-order valence-electron chi connectivity index (χ2n) is 15.8. The number of fused-ring (bicyclic) bond motifs is 2. The molecule has 0 unspecified atom stereocenters. The van der Waals surface area contributed by atoms with E-state index in [2.05, 4.69) is 10.6 Å². The molecule has 0 aromatic heterocycles. The number of hydrogen-bond donors (Lipinski definition) is 4. The molecule has 13 heteroatoms. The summed E-state index contributed by atoms with van der Waals surface area (Å²) < 4.78 is 17.3. The molecule has 0 bridgehead atoms. The highest BCUT2D eigenvalue weighted by atomic mass is 16.5. The van der Waals surface area contributed by atoms with Gasteiger partial charge in [0.05, 0.1) is 57.2 Å². The number of nitrogens with zero attached hydrogens (tertiary/aromatic N) is 2. The zero-order chi connectivity index (χ0) is 41.4. The Morgan fingerprint density at radius 3 is 1.98 bits per heavy atom. The Labute approximate surface area is 337 Å². The number of carbonyl (C=O) groups excluding carboxylic acids is 4. The lowest BCUT2D eigenvalue weighted by atomic mass is 9.70. The van der Waals surface area contributed by atoms with E-state index in [0.29, 0.717) is 58.2 Å². The molecule has 7 rings (SSSR count). The lowest BCUT2D eigenvalue weighted by Crippen LogP contribution is -2.46. The molecule has 3 heterocycles. The fourth-order valence-electron chi connectivity index (χ4n) is 8.92. The molecule has 0 radical (unpaired) electrons. The number of methoxy groups -OCH3 is 2. The van der Waals surface area contributed by atoms with E-state index in [0.717, 1.165) is 12.0 Å². The van der Waals surface area contributed by atoms with Crippen molar-refractivity contribution in [1.29, 1.82) is 0 Å². The van der Waals surface area contributed by atoms with Gasteiger partial charge in [-0.2, -0.15) is 0 Å². The number of hydrogen-bond acceptors (Lipinski definition) is 9. The highest BCUT2D eigenvalue weighted by Crippen LogP contribution is 2.58. The van der Waals surface area contributed by atoms with E-state index in [9.17, 15) is 24.6 Å². The van der Waals surface area contributed by atoms with Gasteiger partial charge in [-0.15, -0.1) is 0 Å². The van der Waals surface area contributed by atoms with Crippen LogP contribution in [0.3, 0.4) is 0 Å². The molecule has 5 atom stereocenters. The molecule has 4 aromatic carbocycles. The smallest absolute Gasteiger partial charge is 0.264 e. The molecule has 4 aromatic rings. The molecule has 0 aliphatic carbocycles. The van der Waals surface area contributed by atoms with E-state index in [-0.39, 0.29) is 49.2 Å². The predicted molar refractivity (Wildman–Crippen MR) is 218 cm³/mol. The maximum absolute atomic E-state index is 15.1. The average Bonchev–Trinajstić information content (AvgIpc) is 3.88. The van der Waals surface area contributed by atoms with Gasteiger partial charge in [0.2, 0.25) is 5.91 Å². The largest absolute Gasteiger partial charge is 0.497 e. The Balaban J connectivity index is 1.20. The number of aliphatic hydroxyl groups excluding tert-OH is 1. The van der Waals surface area contributed by atoms with Crippen LogP contribution in [0, 0.1) is 11.8 Å². The van der Waals surface area contributed by atoms with E-state index < -0.39 is 29.1 Å². The van der Waals surface area contributed by atoms with Crippen LogP contribution in [0.2, 0.25) is 0 Å². The van der Waals surface area contributed by atoms with Crippen molar-refractivity contribution in [2.75, 3.05) is 42.9 Å². The summed E-state index contributed by atoms with van der Waals surface area (Å²) in [6, 6.07) is 25.7. The van der Waals surface area contributed by atoms with E-state index in [1.807, 2.05) is 19.1 Å². The van der Waals surface area contributed by atoms with Gasteiger partial charge in [0.25, 0.3) is 17.7 Å². The number of amides is 4. The summed E-state index contributed by atoms with van der Waals surface area (Å²) in [6.07, 6.45) is 0.549. The number of likely N-dealkylation sites (tertiary alicyclic amines) is 1. The van der Waals surface area contributed by atoms with Gasteiger partial charge in [-0.25, -0.2) is 0 Å². The van der Waals surface area contributed by atoms with Crippen LogP contribution in [-0.2, 0) is 26.5 Å². The molecule has 4 N–H and O–H groups in total. The maximum atomic E-state index is 15.1. The third-order valence-electron chi connectivity index (χ3n) is 11.8. The summed E-state index contributed by atoms with van der Waals surface area (Å²) >= 11 is 0. The first-order chi connectivity index (χ1) is 27.8. The van der Waals surface area contributed by atoms with Gasteiger partial charge in [0.1, 0.15) is 11.5 Å². The van der Waals surface area contributed by atoms with Crippen LogP contribution in [0.1, 0.15) is 71.9 Å². The Hall–Kier alpha value is -5.76. The van der Waals surface area contributed by atoms with Crippen LogP contribution < -0.4 is 25.0 Å². The molecule has 2 fully saturated rings. The first-order valence-corrected chi connectivity index (χ1v) is 19.5. The van der Waals surface area contributed by atoms with E-state index >= 15 is 4.79 Å². The quantitative estimate of drug-likeness (QED) is 0.140. The molecule has 3 aliphatic rings. The fourth-order valence-corrected chi connectivity index (χ4v) is 8.92. The SMILES string of the molecule is COc1ccc(C(=O)Nc2ccc(CN3C(=O)[C@]4(O[C@H](CC(=O)N5CCC[C@H]5CO)[C@@H](C(C)(C)O)[C@@H]4C)c4cc(NC(=O)c5ccc(OC)cc5)ccc43)cc2)cc1. The van der Waals surface area contributed by atoms with Crippen molar-refractivity contribution in [2.24, 2.45) is 11.8 Å². The number of nitrogens with one attached hydrogen (secondary N) is 2. The first kappa shape index (κ1) is 40.4. The molecule has 304 valence electrons. The molecule has 4 amide bonds. The Morgan fingerprint density at radius 1 is 0.862 bits per heavy atom. The predicted octanol–water partition coefficient (Wildman–Crippen LogP) is 5.75. The van der Waals surface area contributed by atoms with E-state index in [1.165, 1.54) is 0 Å². The van der Waals surface area contributed by atoms with Crippen molar-refractivity contribution in [3.63, 3.8) is 0 Å². The Morgan fingerprint density at radius 2 is 1.43 bits per heavy atom. The molecule has 2 saturated heterocycles. The molecule has 0 saturated carbocycles. The van der Waals surface area contributed by atoms with Crippen molar-refractivity contribution in [3.05, 3.63) is 113 Å². The van der Waals surface area contributed by atoms with Gasteiger partial charge < -0.3 is 44.9 Å². The summed E-state index contributed by atoms with van der Waals surface area (Å²) in [4.78, 5) is 58.6. The van der Waals surface area contributed by atoms with Crippen LogP contribution in [0.5, 0.6) is 11.5 Å². The molecule has 3 aliphatic heterocycles. The third kappa shape index (κ3) is 7.64. The van der Waals surface area contributed by atoms with E-state index in [4.69, 9.17) is 14.2 Å². The minimum Gasteiger partial charge on any atom is -0.497 e. The summed E-state index contributed by atoms with van der Waals surface area (Å²) in [5.41, 5.74) is 0.775. The normalized spacial score (nSPS) is 22.6. The molecule has 58 heavy (non-hydrogen) atoms. The highest BCUT2D eigenvalue weighted by molar-refractivity contribution is 6.09. The lowest BCUT2D eigenvalue weighted by Gasteiger charge is -2.34. The standard InChI is InChI=1S/C45H50N4O9/c1-27-40(44(2,3)55)38(24-39(51)48-22-6-7-33(48)26-50)58-45(27)36-23-32(47-42(53)30-12-19-35(57-5)20-13-30)16-21-37(36)49(43(45)54)25-28-8-14-31(15-9-28)46-41(52)29-10-17-34(56-4)18-11-29/h8-21,23,27,33,38,40,50,55H,6-7,22,24-26H2,1-5H3,(H,46,52)(H,47,53)/t27-,33-,38+,40-,45+/m0/s1. The van der Waals surface area contributed by atoms with Gasteiger partial charge in [0, 0.05) is 46.4 Å². The third-order valence-corrected chi connectivity index (χ3v) is 11.8. The van der Waals surface area contributed by atoms with Crippen molar-refractivity contribution in [2.45, 2.75) is 69.9 Å². The number of ether oxygens (including phenoxy) is 3. The van der Waals surface area contributed by atoms with Gasteiger partial charge in [-0.05, 0) is 111 Å². The maximum Gasteiger partial charge on any atom is 0.264 e. The molecular weight excluding hydrogens is 741 g/mol. The van der Waals surface area contributed by atoms with Crippen molar-refractivity contribution in [1.82, 2.24) is 4.90 Å². The van der Waals surface area contributed by atoms with Crippen LogP contribution >= 0.6 is 0 Å². The summed E-state index contributed by atoms with van der Waals surface area (Å²) in [6.45, 7) is 5.72. The summed E-state index contributed by atoms with van der Waals surface area (Å²) in [7, 11) is 3.11. The van der Waals surface area contributed by atoms with Gasteiger partial charge in [0.15, 0.2) is 5.60 Å². The zero-order valence-electron chi connectivity index (χ0n) is 33.4. The number of rotatable bonds is 12. The summed E-state index contributed by atoms with van der Waals surface area (Å²) in [5, 5.41) is 27.5. The van der Waals surface area contributed by atoms with Crippen LogP contribution in [0.15, 0.2) is 91.0 Å². The van der Waals surface area contributed by atoms with Crippen molar-refractivity contribution < 1.29 is 43.6 Å². The van der Waals surface area contributed by atoms with Crippen molar-refractivity contribution >= 4 is 40.7 Å². The highest BCUT2D eigenvalue weighted by Gasteiger charge is 2.66. The van der Waals surface area contributed by atoms with Gasteiger partial charge in [-0.1, -0.05) is 19.1 Å². The average molecular weight is 791 g/mol. The number of carbonyl (C=O) groups is 4. The van der Waals surface area contributed by atoms with Crippen LogP contribution in [-0.4, -0.2) is 83.9 Å². The second-order valence-corrected chi connectivity index (χ2v) is 15.8. The second kappa shape index (κ2) is 16.2. The lowest BCUT2D eigenvalue weighted by molar-refractivity contribution is -0.150. The van der Waals surface area contributed by atoms with E-state index in [1.54, 1.807) is 117 Å². The summed E-state index contributed by atoms with van der Waals surface area (Å²) in [5.74, 6) is -1.21. The number of aliphatic hydroxyl groups is 2. The van der Waals surface area contributed by atoms with Crippen LogP contribution in [0.25, 0.3) is 0 Å². The molecule has 1 spiro atoms.